The van der Waals surface area contributed by atoms with E-state index < -0.39 is 12.1 Å². The Balaban J connectivity index is 1.88. The molecule has 0 aliphatic carbocycles. The third-order valence-corrected chi connectivity index (χ3v) is 5.77. The number of esters is 1. The monoisotopic (exact) mass is 400 g/mol. The van der Waals surface area contributed by atoms with Crippen LogP contribution in [0.3, 0.4) is 0 Å². The van der Waals surface area contributed by atoms with Gasteiger partial charge in [-0.25, -0.2) is 14.5 Å². The summed E-state index contributed by atoms with van der Waals surface area (Å²) in [5.41, 5.74) is 1.92. The van der Waals surface area contributed by atoms with Crippen LogP contribution < -0.4 is 4.90 Å². The number of nitrogens with zero attached hydrogens (tertiary/aromatic N) is 2. The minimum Gasteiger partial charge on any atom is -0.465 e. The van der Waals surface area contributed by atoms with E-state index in [4.69, 9.17) is 9.47 Å². The number of benzene rings is 2. The number of rotatable bonds is 6. The number of para-hydroxylation sites is 1. The van der Waals surface area contributed by atoms with Crippen molar-refractivity contribution in [3.8, 4) is 0 Å². The van der Waals surface area contributed by atoms with Gasteiger partial charge in [0.15, 0.2) is 0 Å². The maximum Gasteiger partial charge on any atom is 0.419 e. The summed E-state index contributed by atoms with van der Waals surface area (Å²) < 4.78 is 10.4. The van der Waals surface area contributed by atoms with Crippen molar-refractivity contribution in [1.29, 1.82) is 0 Å². The van der Waals surface area contributed by atoms with Gasteiger partial charge < -0.3 is 14.4 Å². The fourth-order valence-electron chi connectivity index (χ4n) is 3.06. The molecule has 0 N–H and O–H groups in total. The fourth-order valence-corrected chi connectivity index (χ4v) is 4.16. The second-order valence-electron chi connectivity index (χ2n) is 6.22. The Bertz CT molecular complexity index is 867. The van der Waals surface area contributed by atoms with Gasteiger partial charge in [-0.2, -0.15) is 0 Å². The lowest BCUT2D eigenvalue weighted by molar-refractivity contribution is 0.0600. The predicted octanol–water partition coefficient (Wildman–Crippen LogP) is 4.55. The first-order valence-electron chi connectivity index (χ1n) is 9.27. The molecule has 3 rings (SSSR count). The molecule has 2 aromatic rings. The molecular weight excluding hydrogens is 376 g/mol. The summed E-state index contributed by atoms with van der Waals surface area (Å²) in [5.74, 6) is -0.407. The summed E-state index contributed by atoms with van der Waals surface area (Å²) in [7, 11) is 1.35. The van der Waals surface area contributed by atoms with E-state index in [2.05, 4.69) is 18.7 Å². The van der Waals surface area contributed by atoms with E-state index >= 15 is 0 Å². The molecule has 0 atom stereocenters. The Labute approximate surface area is 169 Å². The molecule has 6 nitrogen and oxygen atoms in total. The molecule has 0 saturated heterocycles. The molecule has 148 valence electrons. The minimum atomic E-state index is -0.424. The average Bonchev–Trinajstić information content (AvgIpc) is 2.73. The Hall–Kier alpha value is -2.51. The van der Waals surface area contributed by atoms with Crippen molar-refractivity contribution in [2.24, 2.45) is 0 Å². The fraction of sp³-hybridized carbons (Fsp3) is 0.333. The maximum absolute atomic E-state index is 12.9. The highest BCUT2D eigenvalue weighted by Crippen LogP contribution is 2.48. The quantitative estimate of drug-likeness (QED) is 0.663. The molecule has 1 aliphatic heterocycles. The first-order chi connectivity index (χ1) is 13.6. The van der Waals surface area contributed by atoms with E-state index in [9.17, 15) is 9.59 Å². The van der Waals surface area contributed by atoms with Crippen molar-refractivity contribution in [1.82, 2.24) is 4.90 Å². The number of hydrogen-bond donors (Lipinski definition) is 0. The van der Waals surface area contributed by atoms with Crippen LogP contribution in [0.15, 0.2) is 52.3 Å². The van der Waals surface area contributed by atoms with Crippen LogP contribution >= 0.6 is 11.8 Å². The van der Waals surface area contributed by atoms with E-state index in [-0.39, 0.29) is 0 Å². The summed E-state index contributed by atoms with van der Waals surface area (Å²) in [5, 5.41) is 0. The van der Waals surface area contributed by atoms with Crippen LogP contribution in [0.1, 0.15) is 24.2 Å². The molecule has 1 aliphatic rings. The topological polar surface area (TPSA) is 59.1 Å². The Morgan fingerprint density at radius 1 is 1.04 bits per heavy atom. The summed E-state index contributed by atoms with van der Waals surface area (Å²) in [4.78, 5) is 30.3. The Kier molecular flexibility index (Phi) is 6.59. The van der Waals surface area contributed by atoms with Gasteiger partial charge in [0, 0.05) is 16.3 Å². The highest BCUT2D eigenvalue weighted by Gasteiger charge is 2.30. The molecule has 1 heterocycles. The zero-order chi connectivity index (χ0) is 20.1. The van der Waals surface area contributed by atoms with Crippen LogP contribution in [0.4, 0.5) is 16.2 Å². The van der Waals surface area contributed by atoms with E-state index in [0.717, 1.165) is 28.6 Å². The predicted molar refractivity (Wildman–Crippen MR) is 110 cm³/mol. The number of anilines is 2. The lowest BCUT2D eigenvalue weighted by Gasteiger charge is -2.30. The molecule has 28 heavy (non-hydrogen) atoms. The number of ether oxygens (including phenoxy) is 2. The number of methoxy groups -OCH3 is 1. The molecule has 1 amide bonds. The highest BCUT2D eigenvalue weighted by molar-refractivity contribution is 7.99. The van der Waals surface area contributed by atoms with E-state index in [1.54, 1.807) is 23.1 Å². The third-order valence-electron chi connectivity index (χ3n) is 4.66. The van der Waals surface area contributed by atoms with Crippen molar-refractivity contribution < 1.29 is 19.1 Å². The highest BCUT2D eigenvalue weighted by atomic mass is 32.2. The zero-order valence-corrected chi connectivity index (χ0v) is 17.1. The van der Waals surface area contributed by atoms with Crippen molar-refractivity contribution in [3.05, 3.63) is 48.0 Å². The second kappa shape index (κ2) is 9.12. The van der Waals surface area contributed by atoms with E-state index in [1.165, 1.54) is 18.9 Å². The van der Waals surface area contributed by atoms with Gasteiger partial charge in [-0.3, -0.25) is 0 Å². The normalized spacial score (nSPS) is 12.4. The number of amides is 1. The van der Waals surface area contributed by atoms with Crippen LogP contribution in [0, 0.1) is 0 Å². The lowest BCUT2D eigenvalue weighted by Crippen LogP contribution is -2.33. The molecule has 0 aromatic heterocycles. The van der Waals surface area contributed by atoms with Crippen molar-refractivity contribution in [2.45, 2.75) is 23.6 Å². The van der Waals surface area contributed by atoms with Gasteiger partial charge >= 0.3 is 12.1 Å². The van der Waals surface area contributed by atoms with Crippen molar-refractivity contribution >= 4 is 35.2 Å². The first-order valence-corrected chi connectivity index (χ1v) is 10.1. The summed E-state index contributed by atoms with van der Waals surface area (Å²) in [6, 6.07) is 12.8. The molecule has 0 fully saturated rings. The van der Waals surface area contributed by atoms with E-state index in [0.29, 0.717) is 24.4 Å². The van der Waals surface area contributed by atoms with Crippen LogP contribution in [0.2, 0.25) is 0 Å². The zero-order valence-electron chi connectivity index (χ0n) is 16.3. The molecular formula is C21H24N2O4S. The Morgan fingerprint density at radius 3 is 2.46 bits per heavy atom. The number of likely N-dealkylation sites (N-methyl/N-ethyl adjacent to an activating group) is 1. The van der Waals surface area contributed by atoms with Crippen LogP contribution in [-0.2, 0) is 9.47 Å². The van der Waals surface area contributed by atoms with Gasteiger partial charge in [-0.1, -0.05) is 37.7 Å². The summed E-state index contributed by atoms with van der Waals surface area (Å²) in [6.45, 7) is 7.00. The van der Waals surface area contributed by atoms with Gasteiger partial charge in [0.05, 0.1) is 24.0 Å². The molecule has 2 aromatic carbocycles. The number of carbonyl (C=O) groups is 2. The smallest absolute Gasteiger partial charge is 0.419 e. The van der Waals surface area contributed by atoms with Gasteiger partial charge in [0.2, 0.25) is 0 Å². The summed E-state index contributed by atoms with van der Waals surface area (Å²) >= 11 is 1.52. The van der Waals surface area contributed by atoms with Gasteiger partial charge in [0.1, 0.15) is 6.61 Å². The average molecular weight is 401 g/mol. The van der Waals surface area contributed by atoms with Crippen LogP contribution in [-0.4, -0.2) is 50.3 Å². The minimum absolute atomic E-state index is 0.321. The third kappa shape index (κ3) is 4.15. The molecule has 0 bridgehead atoms. The van der Waals surface area contributed by atoms with Gasteiger partial charge in [0.25, 0.3) is 0 Å². The molecule has 7 heteroatoms. The van der Waals surface area contributed by atoms with Crippen LogP contribution in [0.5, 0.6) is 0 Å². The van der Waals surface area contributed by atoms with Crippen molar-refractivity contribution in [3.63, 3.8) is 0 Å². The van der Waals surface area contributed by atoms with Crippen molar-refractivity contribution in [2.75, 3.05) is 38.3 Å². The number of carbonyl (C=O) groups excluding carboxylic acids is 2. The van der Waals surface area contributed by atoms with Crippen LogP contribution in [0.25, 0.3) is 0 Å². The first kappa shape index (κ1) is 20.2. The molecule has 0 spiro atoms. The standard InChI is InChI=1S/C21H24N2O4S/c1-4-22(5-2)12-13-27-21(25)23-16-8-6-7-9-18(16)28-19-14-15(20(24)26-3)10-11-17(19)23/h6-11,14H,4-5,12-13H2,1-3H3. The van der Waals surface area contributed by atoms with Gasteiger partial charge in [-0.15, -0.1) is 0 Å². The maximum atomic E-state index is 12.9. The second-order valence-corrected chi connectivity index (χ2v) is 7.30. The SMILES string of the molecule is CCN(CC)CCOC(=O)N1c2ccccc2Sc2cc(C(=O)OC)ccc21. The molecule has 0 unspecified atom stereocenters. The largest absolute Gasteiger partial charge is 0.465 e. The summed E-state index contributed by atoms with van der Waals surface area (Å²) in [6.07, 6.45) is -0.424. The molecule has 0 saturated carbocycles. The lowest BCUT2D eigenvalue weighted by atomic mass is 10.1. The number of hydrogen-bond acceptors (Lipinski definition) is 6. The number of fused-ring (bicyclic) bond motifs is 2. The Morgan fingerprint density at radius 2 is 1.75 bits per heavy atom. The van der Waals surface area contributed by atoms with Gasteiger partial charge in [-0.05, 0) is 43.4 Å². The van der Waals surface area contributed by atoms with E-state index in [1.807, 2.05) is 24.3 Å². The molecule has 0 radical (unpaired) electrons.